The lowest BCUT2D eigenvalue weighted by Gasteiger charge is -2.14. The van der Waals surface area contributed by atoms with E-state index in [4.69, 9.17) is 0 Å². The summed E-state index contributed by atoms with van der Waals surface area (Å²) in [4.78, 5) is 42.5. The molecule has 0 aliphatic carbocycles. The molecule has 0 saturated carbocycles. The van der Waals surface area contributed by atoms with Crippen LogP contribution in [0.1, 0.15) is 11.5 Å². The van der Waals surface area contributed by atoms with Crippen LogP contribution >= 0.6 is 0 Å². The SMILES string of the molecule is O=C(Cn1nc2n(c1=O)C(=O)N(c1ccc(F)cc1)C2)NCc1ccccn1. The maximum atomic E-state index is 13.1. The standard InChI is InChI=1S/C18H15FN6O3/c19-12-4-6-14(7-5-12)23-10-15-22-24(18(28)25(15)17(23)27)11-16(26)21-9-13-3-1-2-8-20-13/h1-8H,9-11H2,(H,21,26). The molecule has 0 radical (unpaired) electrons. The third kappa shape index (κ3) is 3.27. The van der Waals surface area contributed by atoms with E-state index in [0.29, 0.717) is 11.4 Å². The highest BCUT2D eigenvalue weighted by molar-refractivity contribution is 5.96. The Balaban J connectivity index is 1.45. The second-order valence-electron chi connectivity index (χ2n) is 6.13. The van der Waals surface area contributed by atoms with Gasteiger partial charge in [-0.3, -0.25) is 14.7 Å². The minimum atomic E-state index is -0.697. The van der Waals surface area contributed by atoms with E-state index in [1.807, 2.05) is 0 Å². The van der Waals surface area contributed by atoms with Gasteiger partial charge in [0.05, 0.1) is 18.8 Å². The molecule has 0 spiro atoms. The summed E-state index contributed by atoms with van der Waals surface area (Å²) in [5.74, 6) is -0.628. The van der Waals surface area contributed by atoms with Crippen LogP contribution in [0.5, 0.6) is 0 Å². The van der Waals surface area contributed by atoms with Crippen LogP contribution in [-0.2, 0) is 24.4 Å². The molecule has 142 valence electrons. The first-order valence-corrected chi connectivity index (χ1v) is 8.46. The van der Waals surface area contributed by atoms with Gasteiger partial charge in [-0.15, -0.1) is 0 Å². The van der Waals surface area contributed by atoms with E-state index in [9.17, 15) is 18.8 Å². The van der Waals surface area contributed by atoms with Gasteiger partial charge in [-0.05, 0) is 36.4 Å². The molecule has 1 aromatic carbocycles. The molecule has 0 atom stereocenters. The van der Waals surface area contributed by atoms with Crippen LogP contribution in [0.3, 0.4) is 0 Å². The average Bonchev–Trinajstić information content (AvgIpc) is 3.18. The normalized spacial score (nSPS) is 12.9. The van der Waals surface area contributed by atoms with Crippen LogP contribution in [-0.4, -0.2) is 31.3 Å². The number of anilines is 1. The quantitative estimate of drug-likeness (QED) is 0.706. The molecule has 2 aromatic heterocycles. The zero-order chi connectivity index (χ0) is 19.7. The summed E-state index contributed by atoms with van der Waals surface area (Å²) in [5, 5.41) is 6.73. The second kappa shape index (κ2) is 7.06. The van der Waals surface area contributed by atoms with Crippen LogP contribution in [0.2, 0.25) is 0 Å². The fourth-order valence-electron chi connectivity index (χ4n) is 2.89. The number of nitrogens with one attached hydrogen (secondary N) is 1. The van der Waals surface area contributed by atoms with Crippen LogP contribution in [0.25, 0.3) is 0 Å². The molecule has 2 amide bonds. The number of benzene rings is 1. The maximum absolute atomic E-state index is 13.1. The van der Waals surface area contributed by atoms with Crippen molar-refractivity contribution in [2.24, 2.45) is 0 Å². The van der Waals surface area contributed by atoms with Crippen molar-refractivity contribution < 1.29 is 14.0 Å². The highest BCUT2D eigenvalue weighted by Gasteiger charge is 2.33. The zero-order valence-corrected chi connectivity index (χ0v) is 14.6. The number of hydrogen-bond acceptors (Lipinski definition) is 5. The first-order valence-electron chi connectivity index (χ1n) is 8.46. The number of pyridine rings is 1. The lowest BCUT2D eigenvalue weighted by Crippen LogP contribution is -2.37. The highest BCUT2D eigenvalue weighted by Crippen LogP contribution is 2.22. The van der Waals surface area contributed by atoms with Crippen molar-refractivity contribution >= 4 is 17.6 Å². The Hall–Kier alpha value is -3.82. The molecule has 0 saturated heterocycles. The molecule has 1 aliphatic rings. The lowest BCUT2D eigenvalue weighted by atomic mass is 10.3. The van der Waals surface area contributed by atoms with E-state index in [-0.39, 0.29) is 25.5 Å². The van der Waals surface area contributed by atoms with Crippen molar-refractivity contribution in [1.29, 1.82) is 0 Å². The second-order valence-corrected chi connectivity index (χ2v) is 6.13. The molecule has 0 unspecified atom stereocenters. The highest BCUT2D eigenvalue weighted by atomic mass is 19.1. The number of carbonyl (C=O) groups is 2. The summed E-state index contributed by atoms with van der Waals surface area (Å²) in [6.45, 7) is -0.0307. The van der Waals surface area contributed by atoms with Crippen LogP contribution in [0, 0.1) is 5.82 Å². The summed E-state index contributed by atoms with van der Waals surface area (Å²) in [7, 11) is 0. The molecule has 3 aromatic rings. The van der Waals surface area contributed by atoms with Gasteiger partial charge in [0.25, 0.3) is 0 Å². The largest absolute Gasteiger partial charge is 0.354 e. The van der Waals surface area contributed by atoms with Crippen LogP contribution < -0.4 is 15.9 Å². The molecule has 10 heteroatoms. The van der Waals surface area contributed by atoms with Crippen molar-refractivity contribution in [2.45, 2.75) is 19.6 Å². The predicted octanol–water partition coefficient (Wildman–Crippen LogP) is 0.884. The van der Waals surface area contributed by atoms with E-state index in [0.717, 1.165) is 9.25 Å². The number of nitrogens with zero attached hydrogens (tertiary/aromatic N) is 5. The Morgan fingerprint density at radius 3 is 2.61 bits per heavy atom. The summed E-state index contributed by atoms with van der Waals surface area (Å²) in [6.07, 6.45) is 1.62. The van der Waals surface area contributed by atoms with Crippen LogP contribution in [0.15, 0.2) is 53.5 Å². The average molecular weight is 382 g/mol. The van der Waals surface area contributed by atoms with Gasteiger partial charge in [0.2, 0.25) is 5.91 Å². The number of aromatic nitrogens is 4. The number of amides is 2. The van der Waals surface area contributed by atoms with E-state index in [1.165, 1.54) is 29.2 Å². The predicted molar refractivity (Wildman–Crippen MR) is 95.9 cm³/mol. The first-order chi connectivity index (χ1) is 13.5. The summed E-state index contributed by atoms with van der Waals surface area (Å²) in [5.41, 5.74) is 0.439. The lowest BCUT2D eigenvalue weighted by molar-refractivity contribution is -0.122. The molecule has 0 bridgehead atoms. The zero-order valence-electron chi connectivity index (χ0n) is 14.6. The van der Waals surface area contributed by atoms with Gasteiger partial charge in [-0.25, -0.2) is 18.7 Å². The van der Waals surface area contributed by atoms with E-state index >= 15 is 0 Å². The maximum Gasteiger partial charge on any atom is 0.354 e. The smallest absolute Gasteiger partial charge is 0.349 e. The molecule has 1 aliphatic heterocycles. The third-order valence-electron chi connectivity index (χ3n) is 4.25. The Morgan fingerprint density at radius 1 is 1.14 bits per heavy atom. The fraction of sp³-hybridized carbons (Fsp3) is 0.167. The van der Waals surface area contributed by atoms with Gasteiger partial charge >= 0.3 is 11.7 Å². The molecule has 4 rings (SSSR count). The van der Waals surface area contributed by atoms with Gasteiger partial charge in [0.15, 0.2) is 5.82 Å². The molecular formula is C18H15FN6O3. The minimum Gasteiger partial charge on any atom is -0.349 e. The Labute approximate surface area is 158 Å². The molecule has 0 fully saturated rings. The number of halogens is 1. The Kier molecular flexibility index (Phi) is 4.44. The fourth-order valence-corrected chi connectivity index (χ4v) is 2.89. The van der Waals surface area contributed by atoms with Crippen molar-refractivity contribution in [3.05, 3.63) is 76.5 Å². The van der Waals surface area contributed by atoms with Gasteiger partial charge < -0.3 is 5.32 Å². The summed E-state index contributed by atoms with van der Waals surface area (Å²) < 4.78 is 14.9. The van der Waals surface area contributed by atoms with Crippen molar-refractivity contribution in [3.63, 3.8) is 0 Å². The van der Waals surface area contributed by atoms with Gasteiger partial charge in [0, 0.05) is 11.9 Å². The third-order valence-corrected chi connectivity index (χ3v) is 4.25. The molecular weight excluding hydrogens is 367 g/mol. The monoisotopic (exact) mass is 382 g/mol. The first kappa shape index (κ1) is 17.6. The van der Waals surface area contributed by atoms with E-state index in [2.05, 4.69) is 15.4 Å². The number of hydrogen-bond donors (Lipinski definition) is 1. The van der Waals surface area contributed by atoms with Crippen molar-refractivity contribution in [3.8, 4) is 0 Å². The van der Waals surface area contributed by atoms with Gasteiger partial charge in [-0.1, -0.05) is 6.07 Å². The van der Waals surface area contributed by atoms with Crippen molar-refractivity contribution in [2.75, 3.05) is 4.90 Å². The van der Waals surface area contributed by atoms with E-state index in [1.54, 1.807) is 24.4 Å². The topological polar surface area (TPSA) is 102 Å². The van der Waals surface area contributed by atoms with Crippen LogP contribution in [0.4, 0.5) is 14.9 Å². The van der Waals surface area contributed by atoms with Gasteiger partial charge in [-0.2, -0.15) is 9.67 Å². The van der Waals surface area contributed by atoms with Gasteiger partial charge in [0.1, 0.15) is 12.4 Å². The van der Waals surface area contributed by atoms with E-state index < -0.39 is 23.4 Å². The number of rotatable bonds is 5. The minimum absolute atomic E-state index is 0.0578. The Morgan fingerprint density at radius 2 is 1.93 bits per heavy atom. The van der Waals surface area contributed by atoms with Crippen molar-refractivity contribution in [1.82, 2.24) is 24.6 Å². The molecule has 1 N–H and O–H groups in total. The number of fused-ring (bicyclic) bond motifs is 1. The summed E-state index contributed by atoms with van der Waals surface area (Å²) >= 11 is 0. The molecule has 3 heterocycles. The number of carbonyl (C=O) groups excluding carboxylic acids is 2. The molecule has 9 nitrogen and oxygen atoms in total. The Bertz CT molecular complexity index is 1090. The molecule has 28 heavy (non-hydrogen) atoms. The summed E-state index contributed by atoms with van der Waals surface area (Å²) in [6, 6.07) is 10.1.